The standard InChI is InChI=1S/C21H29N3O/c1-23-13-5-6-18(16-23)9-10-20(25)24-14-11-21(17-22,12-15-24)19-7-3-2-4-8-19/h2-4,7-8,18H,5-6,9-16H2,1H3. The fourth-order valence-corrected chi connectivity index (χ4v) is 4.35. The minimum atomic E-state index is -0.426. The van der Waals surface area contributed by atoms with Gasteiger partial charge in [-0.2, -0.15) is 5.26 Å². The normalized spacial score (nSPS) is 23.8. The third kappa shape index (κ3) is 4.22. The van der Waals surface area contributed by atoms with Gasteiger partial charge in [0.2, 0.25) is 5.91 Å². The van der Waals surface area contributed by atoms with Crippen LogP contribution in [0, 0.1) is 17.2 Å². The molecule has 4 heteroatoms. The summed E-state index contributed by atoms with van der Waals surface area (Å²) in [6, 6.07) is 12.6. The summed E-state index contributed by atoms with van der Waals surface area (Å²) in [5.74, 6) is 0.933. The van der Waals surface area contributed by atoms with Crippen molar-refractivity contribution in [1.29, 1.82) is 5.26 Å². The van der Waals surface area contributed by atoms with Gasteiger partial charge < -0.3 is 9.80 Å². The number of benzene rings is 1. The van der Waals surface area contributed by atoms with Crippen LogP contribution >= 0.6 is 0 Å². The molecule has 0 aliphatic carbocycles. The molecule has 2 saturated heterocycles. The molecule has 0 bridgehead atoms. The third-order valence-corrected chi connectivity index (χ3v) is 6.00. The van der Waals surface area contributed by atoms with Gasteiger partial charge in [-0.1, -0.05) is 30.3 Å². The van der Waals surface area contributed by atoms with Crippen LogP contribution < -0.4 is 0 Å². The van der Waals surface area contributed by atoms with Crippen LogP contribution in [-0.2, 0) is 10.2 Å². The molecular weight excluding hydrogens is 310 g/mol. The summed E-state index contributed by atoms with van der Waals surface area (Å²) < 4.78 is 0. The van der Waals surface area contributed by atoms with Crippen LogP contribution in [0.5, 0.6) is 0 Å². The predicted octanol–water partition coefficient (Wildman–Crippen LogP) is 3.19. The number of likely N-dealkylation sites (tertiary alicyclic amines) is 2. The van der Waals surface area contributed by atoms with E-state index in [0.29, 0.717) is 25.4 Å². The summed E-state index contributed by atoms with van der Waals surface area (Å²) in [6.45, 7) is 3.71. The second kappa shape index (κ2) is 8.01. The van der Waals surface area contributed by atoms with Gasteiger partial charge in [0.15, 0.2) is 0 Å². The van der Waals surface area contributed by atoms with E-state index in [-0.39, 0.29) is 5.91 Å². The van der Waals surface area contributed by atoms with Crippen LogP contribution in [0.4, 0.5) is 0 Å². The lowest BCUT2D eigenvalue weighted by atomic mass is 9.74. The fourth-order valence-electron chi connectivity index (χ4n) is 4.35. The van der Waals surface area contributed by atoms with E-state index in [1.54, 1.807) is 0 Å². The zero-order valence-corrected chi connectivity index (χ0v) is 15.3. The number of amides is 1. The van der Waals surface area contributed by atoms with Crippen molar-refractivity contribution in [3.05, 3.63) is 35.9 Å². The van der Waals surface area contributed by atoms with Gasteiger partial charge in [0.1, 0.15) is 0 Å². The van der Waals surface area contributed by atoms with Gasteiger partial charge in [-0.25, -0.2) is 0 Å². The molecule has 1 aromatic rings. The Bertz CT molecular complexity index is 614. The van der Waals surface area contributed by atoms with E-state index in [0.717, 1.165) is 31.4 Å². The minimum Gasteiger partial charge on any atom is -0.343 e. The molecule has 1 unspecified atom stereocenters. The van der Waals surface area contributed by atoms with Crippen molar-refractivity contribution < 1.29 is 4.79 Å². The average Bonchev–Trinajstić information content (AvgIpc) is 2.67. The molecule has 1 atom stereocenters. The fraction of sp³-hybridized carbons (Fsp3) is 0.619. The number of carbonyl (C=O) groups is 1. The van der Waals surface area contributed by atoms with Gasteiger partial charge in [-0.15, -0.1) is 0 Å². The zero-order chi connectivity index (χ0) is 17.7. The van der Waals surface area contributed by atoms with Crippen molar-refractivity contribution in [2.45, 2.75) is 43.9 Å². The topological polar surface area (TPSA) is 47.3 Å². The van der Waals surface area contributed by atoms with Crippen LogP contribution in [0.25, 0.3) is 0 Å². The quantitative estimate of drug-likeness (QED) is 0.846. The molecule has 134 valence electrons. The van der Waals surface area contributed by atoms with Crippen LogP contribution in [0.2, 0.25) is 0 Å². The number of hydrogen-bond donors (Lipinski definition) is 0. The maximum Gasteiger partial charge on any atom is 0.222 e. The molecule has 1 aromatic carbocycles. The number of rotatable bonds is 4. The number of nitriles is 1. The van der Waals surface area contributed by atoms with E-state index < -0.39 is 5.41 Å². The van der Waals surface area contributed by atoms with Crippen molar-refractivity contribution in [1.82, 2.24) is 9.80 Å². The molecule has 2 heterocycles. The molecule has 25 heavy (non-hydrogen) atoms. The Morgan fingerprint density at radius 3 is 2.60 bits per heavy atom. The van der Waals surface area contributed by atoms with E-state index in [4.69, 9.17) is 0 Å². The van der Waals surface area contributed by atoms with Crippen molar-refractivity contribution in [3.8, 4) is 6.07 Å². The first kappa shape index (κ1) is 17.9. The van der Waals surface area contributed by atoms with Crippen molar-refractivity contribution in [3.63, 3.8) is 0 Å². The Kier molecular flexibility index (Phi) is 5.75. The first-order valence-corrected chi connectivity index (χ1v) is 9.56. The summed E-state index contributed by atoms with van der Waals surface area (Å²) in [5.41, 5.74) is 0.666. The molecule has 0 radical (unpaired) electrons. The number of hydrogen-bond acceptors (Lipinski definition) is 3. The lowest BCUT2D eigenvalue weighted by Gasteiger charge is -2.38. The summed E-state index contributed by atoms with van der Waals surface area (Å²) in [6.07, 6.45) is 5.64. The maximum atomic E-state index is 12.6. The average molecular weight is 339 g/mol. The Morgan fingerprint density at radius 1 is 1.24 bits per heavy atom. The molecular formula is C21H29N3O. The molecule has 4 nitrogen and oxygen atoms in total. The SMILES string of the molecule is CN1CCCC(CCC(=O)N2CCC(C#N)(c3ccccc3)CC2)C1. The lowest BCUT2D eigenvalue weighted by molar-refractivity contribution is -0.133. The van der Waals surface area contributed by atoms with Crippen LogP contribution in [0.15, 0.2) is 30.3 Å². The van der Waals surface area contributed by atoms with Crippen LogP contribution in [0.3, 0.4) is 0 Å². The highest BCUT2D eigenvalue weighted by atomic mass is 16.2. The Hall–Kier alpha value is -1.86. The largest absolute Gasteiger partial charge is 0.343 e. The monoisotopic (exact) mass is 339 g/mol. The summed E-state index contributed by atoms with van der Waals surface area (Å²) in [5, 5.41) is 9.76. The highest BCUT2D eigenvalue weighted by molar-refractivity contribution is 5.76. The first-order valence-electron chi connectivity index (χ1n) is 9.56. The molecule has 2 aliphatic rings. The molecule has 2 fully saturated rings. The van der Waals surface area contributed by atoms with Crippen molar-refractivity contribution >= 4 is 5.91 Å². The maximum absolute atomic E-state index is 12.6. The molecule has 1 amide bonds. The second-order valence-electron chi connectivity index (χ2n) is 7.75. The van der Waals surface area contributed by atoms with E-state index in [1.165, 1.54) is 19.4 Å². The van der Waals surface area contributed by atoms with E-state index >= 15 is 0 Å². The molecule has 3 rings (SSSR count). The highest BCUT2D eigenvalue weighted by Crippen LogP contribution is 2.35. The number of nitrogens with zero attached hydrogens (tertiary/aromatic N) is 3. The van der Waals surface area contributed by atoms with Crippen LogP contribution in [0.1, 0.15) is 44.1 Å². The number of carbonyl (C=O) groups excluding carboxylic acids is 1. The third-order valence-electron chi connectivity index (χ3n) is 6.00. The van der Waals surface area contributed by atoms with E-state index in [9.17, 15) is 10.1 Å². The second-order valence-corrected chi connectivity index (χ2v) is 7.75. The Balaban J connectivity index is 1.51. The zero-order valence-electron chi connectivity index (χ0n) is 15.3. The minimum absolute atomic E-state index is 0.271. The van der Waals surface area contributed by atoms with Gasteiger partial charge in [0, 0.05) is 26.1 Å². The van der Waals surface area contributed by atoms with E-state index in [1.807, 2.05) is 35.2 Å². The van der Waals surface area contributed by atoms with Gasteiger partial charge in [-0.3, -0.25) is 4.79 Å². The van der Waals surface area contributed by atoms with Gasteiger partial charge in [-0.05, 0) is 57.2 Å². The van der Waals surface area contributed by atoms with E-state index in [2.05, 4.69) is 18.0 Å². The smallest absolute Gasteiger partial charge is 0.222 e. The summed E-state index contributed by atoms with van der Waals surface area (Å²) >= 11 is 0. The molecule has 0 saturated carbocycles. The van der Waals surface area contributed by atoms with Crippen molar-refractivity contribution in [2.75, 3.05) is 33.2 Å². The van der Waals surface area contributed by atoms with Crippen LogP contribution in [-0.4, -0.2) is 48.9 Å². The van der Waals surface area contributed by atoms with Gasteiger partial charge in [0.25, 0.3) is 0 Å². The van der Waals surface area contributed by atoms with Gasteiger partial charge >= 0.3 is 0 Å². The Labute approximate surface area is 151 Å². The molecule has 0 spiro atoms. The first-order chi connectivity index (χ1) is 12.1. The lowest BCUT2D eigenvalue weighted by Crippen LogP contribution is -2.44. The number of piperidine rings is 2. The van der Waals surface area contributed by atoms with Gasteiger partial charge in [0.05, 0.1) is 11.5 Å². The van der Waals surface area contributed by atoms with Crippen molar-refractivity contribution in [2.24, 2.45) is 5.92 Å². The molecule has 0 aromatic heterocycles. The molecule has 0 N–H and O–H groups in total. The summed E-state index contributed by atoms with van der Waals surface area (Å²) in [7, 11) is 2.17. The Morgan fingerprint density at radius 2 is 1.96 bits per heavy atom. The highest BCUT2D eigenvalue weighted by Gasteiger charge is 2.37. The molecule has 2 aliphatic heterocycles. The summed E-state index contributed by atoms with van der Waals surface area (Å²) in [4.78, 5) is 16.9. The predicted molar refractivity (Wildman–Crippen MR) is 99.0 cm³/mol.